The lowest BCUT2D eigenvalue weighted by Gasteiger charge is -2.17. The van der Waals surface area contributed by atoms with Gasteiger partial charge < -0.3 is 20.9 Å². The first-order valence-corrected chi connectivity index (χ1v) is 10.5. The number of anilines is 1. The Bertz CT molecular complexity index is 941. The average molecular weight is 424 g/mol. The van der Waals surface area contributed by atoms with Gasteiger partial charge in [0.05, 0.1) is 13.5 Å². The number of aliphatic imine (C=N–C) groups is 1. The predicted molar refractivity (Wildman–Crippen MR) is 121 cm³/mol. The molecule has 0 saturated carbocycles. The number of ether oxygens (including phenoxy) is 1. The molecule has 2 aromatic heterocycles. The van der Waals surface area contributed by atoms with Crippen LogP contribution in [0.4, 0.5) is 5.82 Å². The van der Waals surface area contributed by atoms with Crippen LogP contribution in [0.2, 0.25) is 0 Å². The number of nitrogens with one attached hydrogen (secondary N) is 1. The minimum absolute atomic E-state index is 0.102. The standard InChI is InChI=1S/C23H29N5O3/c1-31-21-9-7-17(15-27-21)20(12-22(29)30)18(13-24)14-25-10-3-5-19-8-6-16-4-2-11-26-23(16)28-19/h6-9,13-15,20H,2-5,10-12,24H2,1H3,(H,26,28)(H,29,30). The zero-order valence-electron chi connectivity index (χ0n) is 17.8. The van der Waals surface area contributed by atoms with E-state index in [1.54, 1.807) is 24.5 Å². The van der Waals surface area contributed by atoms with Crippen molar-refractivity contribution in [1.82, 2.24) is 9.97 Å². The molecule has 1 aliphatic heterocycles. The maximum Gasteiger partial charge on any atom is 0.304 e. The third-order valence-electron chi connectivity index (χ3n) is 5.26. The molecule has 0 aliphatic carbocycles. The lowest BCUT2D eigenvalue weighted by atomic mass is 9.90. The van der Waals surface area contributed by atoms with Crippen molar-refractivity contribution in [1.29, 1.82) is 0 Å². The molecular weight excluding hydrogens is 394 g/mol. The highest BCUT2D eigenvalue weighted by Crippen LogP contribution is 2.27. The van der Waals surface area contributed by atoms with Gasteiger partial charge in [0.15, 0.2) is 0 Å². The van der Waals surface area contributed by atoms with Gasteiger partial charge >= 0.3 is 5.97 Å². The third-order valence-corrected chi connectivity index (χ3v) is 5.26. The number of nitrogens with zero attached hydrogens (tertiary/aromatic N) is 3. The SMILES string of the molecule is COc1ccc(C(CC(=O)O)C(C=NCCCc2ccc3c(n2)NCCC3)=CN)cn1. The first-order chi connectivity index (χ1) is 15.1. The maximum absolute atomic E-state index is 11.4. The molecule has 0 bridgehead atoms. The molecular formula is C23H29N5O3. The molecule has 1 atom stereocenters. The summed E-state index contributed by atoms with van der Waals surface area (Å²) >= 11 is 0. The van der Waals surface area contributed by atoms with Crippen LogP contribution >= 0.6 is 0 Å². The van der Waals surface area contributed by atoms with Crippen molar-refractivity contribution in [3.8, 4) is 5.88 Å². The van der Waals surface area contributed by atoms with Gasteiger partial charge in [0, 0.05) is 43.2 Å². The fourth-order valence-electron chi connectivity index (χ4n) is 3.60. The van der Waals surface area contributed by atoms with Crippen molar-refractivity contribution in [2.45, 2.75) is 38.0 Å². The minimum atomic E-state index is -0.916. The van der Waals surface area contributed by atoms with E-state index in [1.165, 1.54) is 18.9 Å². The van der Waals surface area contributed by atoms with Crippen LogP contribution in [0.25, 0.3) is 0 Å². The van der Waals surface area contributed by atoms with Crippen LogP contribution in [0.15, 0.2) is 47.2 Å². The van der Waals surface area contributed by atoms with Crippen molar-refractivity contribution >= 4 is 18.0 Å². The fourth-order valence-corrected chi connectivity index (χ4v) is 3.60. The smallest absolute Gasteiger partial charge is 0.304 e. The average Bonchev–Trinajstić information content (AvgIpc) is 2.80. The summed E-state index contributed by atoms with van der Waals surface area (Å²) in [7, 11) is 1.53. The van der Waals surface area contributed by atoms with Crippen molar-refractivity contribution in [2.24, 2.45) is 10.7 Å². The number of methoxy groups -OCH3 is 1. The Morgan fingerprint density at radius 3 is 2.97 bits per heavy atom. The number of carboxylic acids is 1. The quantitative estimate of drug-likeness (QED) is 0.396. The zero-order valence-corrected chi connectivity index (χ0v) is 17.8. The number of fused-ring (bicyclic) bond motifs is 1. The second-order valence-corrected chi connectivity index (χ2v) is 7.43. The first-order valence-electron chi connectivity index (χ1n) is 10.5. The molecule has 0 radical (unpaired) electrons. The van der Waals surface area contributed by atoms with Gasteiger partial charge in [-0.25, -0.2) is 9.97 Å². The molecule has 4 N–H and O–H groups in total. The minimum Gasteiger partial charge on any atom is -0.481 e. The van der Waals surface area contributed by atoms with Gasteiger partial charge in [-0.2, -0.15) is 0 Å². The van der Waals surface area contributed by atoms with Gasteiger partial charge in [0.25, 0.3) is 0 Å². The van der Waals surface area contributed by atoms with E-state index in [0.29, 0.717) is 18.0 Å². The van der Waals surface area contributed by atoms with E-state index >= 15 is 0 Å². The van der Waals surface area contributed by atoms with Gasteiger partial charge in [-0.15, -0.1) is 0 Å². The van der Waals surface area contributed by atoms with E-state index in [2.05, 4.69) is 27.4 Å². The van der Waals surface area contributed by atoms with Crippen molar-refractivity contribution in [3.05, 3.63) is 59.1 Å². The third kappa shape index (κ3) is 6.28. The number of aliphatic carboxylic acids is 1. The number of nitrogens with two attached hydrogens (primary N) is 1. The summed E-state index contributed by atoms with van der Waals surface area (Å²) in [4.78, 5) is 24.7. The van der Waals surface area contributed by atoms with Crippen molar-refractivity contribution < 1.29 is 14.6 Å². The number of pyridine rings is 2. The maximum atomic E-state index is 11.4. The van der Waals surface area contributed by atoms with E-state index in [-0.39, 0.29) is 6.42 Å². The molecule has 2 aromatic rings. The number of hydrogen-bond acceptors (Lipinski definition) is 7. The molecule has 164 valence electrons. The van der Waals surface area contributed by atoms with Crippen LogP contribution < -0.4 is 15.8 Å². The van der Waals surface area contributed by atoms with Crippen LogP contribution in [0.5, 0.6) is 5.88 Å². The van der Waals surface area contributed by atoms with Crippen LogP contribution in [0.1, 0.15) is 42.0 Å². The first kappa shape index (κ1) is 22.3. The van der Waals surface area contributed by atoms with Gasteiger partial charge in [-0.1, -0.05) is 12.1 Å². The predicted octanol–water partition coefficient (Wildman–Crippen LogP) is 2.95. The number of rotatable bonds is 10. The molecule has 0 amide bonds. The second-order valence-electron chi connectivity index (χ2n) is 7.43. The topological polar surface area (TPSA) is 123 Å². The number of carboxylic acid groups (broad SMARTS) is 1. The molecule has 31 heavy (non-hydrogen) atoms. The molecule has 3 heterocycles. The zero-order chi connectivity index (χ0) is 22.1. The summed E-state index contributed by atoms with van der Waals surface area (Å²) in [5, 5.41) is 12.7. The molecule has 1 aliphatic rings. The Hall–Kier alpha value is -3.42. The highest BCUT2D eigenvalue weighted by atomic mass is 16.5. The Labute approximate surface area is 182 Å². The molecule has 1 unspecified atom stereocenters. The van der Waals surface area contributed by atoms with Gasteiger partial charge in [-0.3, -0.25) is 9.79 Å². The van der Waals surface area contributed by atoms with E-state index in [0.717, 1.165) is 49.3 Å². The van der Waals surface area contributed by atoms with Crippen LogP contribution in [0, 0.1) is 0 Å². The molecule has 0 fully saturated rings. The molecule has 3 rings (SSSR count). The summed E-state index contributed by atoms with van der Waals surface area (Å²) in [5.74, 6) is 0.125. The summed E-state index contributed by atoms with van der Waals surface area (Å²) < 4.78 is 5.07. The Morgan fingerprint density at radius 1 is 1.39 bits per heavy atom. The van der Waals surface area contributed by atoms with E-state index in [4.69, 9.17) is 15.5 Å². The Balaban J connectivity index is 1.59. The van der Waals surface area contributed by atoms with Crippen LogP contribution in [-0.4, -0.2) is 47.5 Å². The Morgan fingerprint density at radius 2 is 2.26 bits per heavy atom. The number of allylic oxidation sites excluding steroid dienone is 1. The monoisotopic (exact) mass is 423 g/mol. The molecule has 8 heteroatoms. The van der Waals surface area contributed by atoms with E-state index in [1.807, 2.05) is 0 Å². The summed E-state index contributed by atoms with van der Waals surface area (Å²) in [5.41, 5.74) is 9.52. The second kappa shape index (κ2) is 11.1. The number of aromatic nitrogens is 2. The van der Waals surface area contributed by atoms with E-state index in [9.17, 15) is 9.90 Å². The van der Waals surface area contributed by atoms with Gasteiger partial charge in [0.1, 0.15) is 5.82 Å². The van der Waals surface area contributed by atoms with Crippen LogP contribution in [-0.2, 0) is 17.6 Å². The summed E-state index contributed by atoms with van der Waals surface area (Å²) in [6, 6.07) is 7.74. The highest BCUT2D eigenvalue weighted by molar-refractivity contribution is 5.83. The largest absolute Gasteiger partial charge is 0.481 e. The van der Waals surface area contributed by atoms with Crippen molar-refractivity contribution in [2.75, 3.05) is 25.5 Å². The summed E-state index contributed by atoms with van der Waals surface area (Å²) in [6.07, 6.45) is 8.49. The van der Waals surface area contributed by atoms with Gasteiger partial charge in [0.2, 0.25) is 5.88 Å². The normalized spacial score (nSPS) is 14.7. The Kier molecular flexibility index (Phi) is 7.98. The van der Waals surface area contributed by atoms with Crippen molar-refractivity contribution in [3.63, 3.8) is 0 Å². The van der Waals surface area contributed by atoms with Gasteiger partial charge in [-0.05, 0) is 54.6 Å². The molecule has 0 spiro atoms. The number of aryl methyl sites for hydroxylation is 2. The van der Waals surface area contributed by atoms with Crippen LogP contribution in [0.3, 0.4) is 0 Å². The summed E-state index contributed by atoms with van der Waals surface area (Å²) in [6.45, 7) is 1.58. The number of hydrogen-bond donors (Lipinski definition) is 3. The molecule has 0 aromatic carbocycles. The highest BCUT2D eigenvalue weighted by Gasteiger charge is 2.20. The molecule has 8 nitrogen and oxygen atoms in total. The van der Waals surface area contributed by atoms with E-state index < -0.39 is 11.9 Å². The fraction of sp³-hybridized carbons (Fsp3) is 0.391. The number of carbonyl (C=O) groups is 1. The lowest BCUT2D eigenvalue weighted by Crippen LogP contribution is -2.14. The lowest BCUT2D eigenvalue weighted by molar-refractivity contribution is -0.137. The molecule has 0 saturated heterocycles.